The van der Waals surface area contributed by atoms with Crippen molar-refractivity contribution >= 4 is 28.8 Å². The Balaban J connectivity index is 2.80. The van der Waals surface area contributed by atoms with Crippen molar-refractivity contribution in [3.63, 3.8) is 0 Å². The van der Waals surface area contributed by atoms with E-state index in [0.29, 0.717) is 16.6 Å². The largest absolute Gasteiger partial charge is 0.392 e. The highest BCUT2D eigenvalue weighted by Gasteiger charge is 2.13. The zero-order chi connectivity index (χ0) is 12.3. The number of hydrogen-bond acceptors (Lipinski definition) is 2. The lowest BCUT2D eigenvalue weighted by atomic mass is 10.2. The van der Waals surface area contributed by atoms with Crippen molar-refractivity contribution in [3.8, 4) is 0 Å². The molecule has 0 aliphatic rings. The number of rotatable bonds is 4. The van der Waals surface area contributed by atoms with Gasteiger partial charge in [-0.05, 0) is 37.7 Å². The Morgan fingerprint density at radius 3 is 2.81 bits per heavy atom. The molecule has 88 valence electrons. The first kappa shape index (κ1) is 13.4. The molecule has 0 saturated carbocycles. The summed E-state index contributed by atoms with van der Waals surface area (Å²) in [5.74, 6) is -0.296. The van der Waals surface area contributed by atoms with Gasteiger partial charge in [0.25, 0.3) is 0 Å². The van der Waals surface area contributed by atoms with E-state index in [2.05, 4.69) is 0 Å². The van der Waals surface area contributed by atoms with E-state index in [-0.39, 0.29) is 11.9 Å². The summed E-state index contributed by atoms with van der Waals surface area (Å²) < 4.78 is 13.0. The van der Waals surface area contributed by atoms with Crippen LogP contribution in [0.5, 0.6) is 0 Å². The van der Waals surface area contributed by atoms with Crippen molar-refractivity contribution in [2.45, 2.75) is 19.5 Å². The molecule has 1 rings (SSSR count). The van der Waals surface area contributed by atoms with Gasteiger partial charge in [-0.15, -0.1) is 0 Å². The molecule has 2 nitrogen and oxygen atoms in total. The molecule has 1 aromatic carbocycles. The molecular formula is C11H14ClFN2S. The molecular weight excluding hydrogens is 247 g/mol. The number of halogens is 2. The summed E-state index contributed by atoms with van der Waals surface area (Å²) in [5, 5.41) is 0.545. The van der Waals surface area contributed by atoms with Crippen LogP contribution in [0.25, 0.3) is 0 Å². The number of likely N-dealkylation sites (N-methyl/N-ethyl adjacent to an activating group) is 1. The molecule has 1 aromatic rings. The predicted octanol–water partition coefficient (Wildman–Crippen LogP) is 2.59. The third-order valence-electron chi connectivity index (χ3n) is 2.50. The Labute approximate surface area is 105 Å². The fourth-order valence-electron chi connectivity index (χ4n) is 1.29. The van der Waals surface area contributed by atoms with E-state index < -0.39 is 0 Å². The maximum absolute atomic E-state index is 13.0. The molecule has 0 saturated heterocycles. The van der Waals surface area contributed by atoms with Gasteiger partial charge in [0.05, 0.1) is 11.0 Å². The zero-order valence-electron chi connectivity index (χ0n) is 9.21. The smallest absolute Gasteiger partial charge is 0.123 e. The van der Waals surface area contributed by atoms with Gasteiger partial charge >= 0.3 is 0 Å². The second-order valence-electron chi connectivity index (χ2n) is 3.73. The van der Waals surface area contributed by atoms with Crippen LogP contribution in [0.3, 0.4) is 0 Å². The van der Waals surface area contributed by atoms with Crippen molar-refractivity contribution in [1.82, 2.24) is 4.90 Å². The molecule has 0 amide bonds. The van der Waals surface area contributed by atoms with E-state index in [1.807, 2.05) is 18.9 Å². The second kappa shape index (κ2) is 5.57. The summed E-state index contributed by atoms with van der Waals surface area (Å²) >= 11 is 10.9. The topological polar surface area (TPSA) is 29.3 Å². The first-order chi connectivity index (χ1) is 7.41. The average molecular weight is 261 g/mol. The van der Waals surface area contributed by atoms with E-state index in [1.54, 1.807) is 6.07 Å². The molecule has 0 aliphatic carbocycles. The third kappa shape index (κ3) is 3.40. The van der Waals surface area contributed by atoms with Crippen LogP contribution in [0, 0.1) is 5.82 Å². The molecule has 0 aliphatic heterocycles. The maximum Gasteiger partial charge on any atom is 0.123 e. The van der Waals surface area contributed by atoms with Gasteiger partial charge in [0, 0.05) is 11.6 Å². The summed E-state index contributed by atoms with van der Waals surface area (Å²) in [6.07, 6.45) is 0. The van der Waals surface area contributed by atoms with Crippen LogP contribution in [0.15, 0.2) is 18.2 Å². The summed E-state index contributed by atoms with van der Waals surface area (Å²) in [5.41, 5.74) is 6.27. The van der Waals surface area contributed by atoms with Gasteiger partial charge in [-0.25, -0.2) is 4.39 Å². The lowest BCUT2D eigenvalue weighted by Crippen LogP contribution is -2.38. The van der Waals surface area contributed by atoms with Crippen LogP contribution in [-0.2, 0) is 6.54 Å². The number of thiocarbonyl (C=S) groups is 1. The van der Waals surface area contributed by atoms with Crippen LogP contribution in [0.1, 0.15) is 12.5 Å². The Morgan fingerprint density at radius 1 is 1.62 bits per heavy atom. The molecule has 2 N–H and O–H groups in total. The molecule has 1 atom stereocenters. The van der Waals surface area contributed by atoms with Crippen molar-refractivity contribution in [1.29, 1.82) is 0 Å². The lowest BCUT2D eigenvalue weighted by molar-refractivity contribution is 0.304. The first-order valence-electron chi connectivity index (χ1n) is 4.85. The van der Waals surface area contributed by atoms with Gasteiger partial charge in [-0.1, -0.05) is 23.8 Å². The minimum absolute atomic E-state index is 0.0469. The molecule has 0 bridgehead atoms. The number of hydrogen-bond donors (Lipinski definition) is 1. The lowest BCUT2D eigenvalue weighted by Gasteiger charge is -2.24. The molecule has 0 fully saturated rings. The Hall–Kier alpha value is -0.710. The van der Waals surface area contributed by atoms with Crippen LogP contribution in [-0.4, -0.2) is 23.0 Å². The predicted molar refractivity (Wildman–Crippen MR) is 69.1 cm³/mol. The number of benzene rings is 1. The van der Waals surface area contributed by atoms with Crippen molar-refractivity contribution in [2.75, 3.05) is 7.05 Å². The van der Waals surface area contributed by atoms with Gasteiger partial charge in [-0.3, -0.25) is 4.90 Å². The minimum atomic E-state index is -0.296. The van der Waals surface area contributed by atoms with Crippen LogP contribution in [0.2, 0.25) is 5.02 Å². The Bertz CT molecular complexity index is 398. The highest BCUT2D eigenvalue weighted by atomic mass is 35.5. The molecule has 5 heteroatoms. The number of nitrogens with two attached hydrogens (primary N) is 1. The van der Waals surface area contributed by atoms with Crippen LogP contribution >= 0.6 is 23.8 Å². The molecule has 0 heterocycles. The normalized spacial score (nSPS) is 12.8. The summed E-state index contributed by atoms with van der Waals surface area (Å²) in [6.45, 7) is 2.41. The molecule has 16 heavy (non-hydrogen) atoms. The Morgan fingerprint density at radius 2 is 2.25 bits per heavy atom. The van der Waals surface area contributed by atoms with Gasteiger partial charge in [0.2, 0.25) is 0 Å². The van der Waals surface area contributed by atoms with Crippen LogP contribution in [0.4, 0.5) is 4.39 Å². The van der Waals surface area contributed by atoms with E-state index in [9.17, 15) is 4.39 Å². The van der Waals surface area contributed by atoms with E-state index in [4.69, 9.17) is 29.6 Å². The van der Waals surface area contributed by atoms with E-state index in [0.717, 1.165) is 5.56 Å². The molecule has 0 aromatic heterocycles. The Kier molecular flexibility index (Phi) is 4.65. The standard InChI is InChI=1S/C11H14ClFN2S/c1-7(11(14)16)15(2)6-8-5-9(13)3-4-10(8)12/h3-5,7H,6H2,1-2H3,(H2,14,16). The number of nitrogens with zero attached hydrogens (tertiary/aromatic N) is 1. The van der Waals surface area contributed by atoms with Gasteiger partial charge < -0.3 is 5.73 Å². The fraction of sp³-hybridized carbons (Fsp3) is 0.364. The quantitative estimate of drug-likeness (QED) is 0.844. The van der Waals surface area contributed by atoms with Gasteiger partial charge in [-0.2, -0.15) is 0 Å². The fourth-order valence-corrected chi connectivity index (χ4v) is 1.64. The molecule has 0 radical (unpaired) electrons. The molecule has 1 unspecified atom stereocenters. The zero-order valence-corrected chi connectivity index (χ0v) is 10.8. The van der Waals surface area contributed by atoms with Crippen LogP contribution < -0.4 is 5.73 Å². The first-order valence-corrected chi connectivity index (χ1v) is 5.64. The van der Waals surface area contributed by atoms with Crippen molar-refractivity contribution in [2.24, 2.45) is 5.73 Å². The minimum Gasteiger partial charge on any atom is -0.392 e. The second-order valence-corrected chi connectivity index (χ2v) is 4.61. The van der Waals surface area contributed by atoms with Crippen molar-refractivity contribution in [3.05, 3.63) is 34.6 Å². The summed E-state index contributed by atoms with van der Waals surface area (Å²) in [4.78, 5) is 2.33. The van der Waals surface area contributed by atoms with E-state index in [1.165, 1.54) is 12.1 Å². The van der Waals surface area contributed by atoms with Gasteiger partial charge in [0.1, 0.15) is 5.82 Å². The highest BCUT2D eigenvalue weighted by molar-refractivity contribution is 7.80. The monoisotopic (exact) mass is 260 g/mol. The molecule has 0 spiro atoms. The van der Waals surface area contributed by atoms with Gasteiger partial charge in [0.15, 0.2) is 0 Å². The SMILES string of the molecule is CC(C(N)=S)N(C)Cc1cc(F)ccc1Cl. The third-order valence-corrected chi connectivity index (χ3v) is 3.21. The maximum atomic E-state index is 13.0. The average Bonchev–Trinajstić information content (AvgIpc) is 2.22. The van der Waals surface area contributed by atoms with Crippen molar-refractivity contribution < 1.29 is 4.39 Å². The highest BCUT2D eigenvalue weighted by Crippen LogP contribution is 2.19. The van der Waals surface area contributed by atoms with E-state index >= 15 is 0 Å². The summed E-state index contributed by atoms with van der Waals surface area (Å²) in [6, 6.07) is 4.26. The summed E-state index contributed by atoms with van der Waals surface area (Å²) in [7, 11) is 1.87.